The van der Waals surface area contributed by atoms with Gasteiger partial charge < -0.3 is 30.4 Å². The highest BCUT2D eigenvalue weighted by Crippen LogP contribution is 2.40. The number of aromatic nitrogens is 2. The zero-order valence-electron chi connectivity index (χ0n) is 14.6. The summed E-state index contributed by atoms with van der Waals surface area (Å²) in [7, 11) is 0. The molecule has 2 unspecified atom stereocenters. The van der Waals surface area contributed by atoms with Crippen molar-refractivity contribution in [3.05, 3.63) is 83.6 Å². The van der Waals surface area contributed by atoms with Crippen LogP contribution in [0.2, 0.25) is 0 Å². The first-order valence-corrected chi connectivity index (χ1v) is 8.89. The Balaban J connectivity index is 1.69. The van der Waals surface area contributed by atoms with Gasteiger partial charge in [0.25, 0.3) is 0 Å². The zero-order chi connectivity index (χ0) is 19.4. The number of hydrogen-bond donors (Lipinski definition) is 4. The van der Waals surface area contributed by atoms with Gasteiger partial charge in [-0.2, -0.15) is 0 Å². The number of aliphatic hydroxyl groups excluding tert-OH is 2. The summed E-state index contributed by atoms with van der Waals surface area (Å²) in [5.41, 5.74) is 2.24. The van der Waals surface area contributed by atoms with Crippen LogP contribution >= 0.6 is 0 Å². The first kappa shape index (κ1) is 16.7. The summed E-state index contributed by atoms with van der Waals surface area (Å²) < 4.78 is 0. The maximum absolute atomic E-state index is 13.0. The summed E-state index contributed by atoms with van der Waals surface area (Å²) in [6.45, 7) is 0. The molecule has 1 aliphatic rings. The van der Waals surface area contributed by atoms with Crippen molar-refractivity contribution in [3.63, 3.8) is 0 Å². The second-order valence-electron chi connectivity index (χ2n) is 6.86. The monoisotopic (exact) mass is 372 g/mol. The number of hydrogen-bond acceptors (Lipinski definition) is 4. The summed E-state index contributed by atoms with van der Waals surface area (Å²) in [5, 5.41) is 48.9. The van der Waals surface area contributed by atoms with Crippen molar-refractivity contribution in [2.75, 3.05) is 0 Å². The number of nitrogens with one attached hydrogen (secondary N) is 2. The third-order valence-corrected chi connectivity index (χ3v) is 5.33. The number of aromatic amines is 2. The van der Waals surface area contributed by atoms with E-state index in [1.165, 1.54) is 0 Å². The van der Waals surface area contributed by atoms with Crippen molar-refractivity contribution in [1.82, 2.24) is 9.97 Å². The van der Waals surface area contributed by atoms with Crippen molar-refractivity contribution in [2.24, 2.45) is 0 Å². The van der Waals surface area contributed by atoms with Crippen LogP contribution in [0.1, 0.15) is 11.1 Å². The Kier molecular flexibility index (Phi) is 3.58. The topological polar surface area (TPSA) is 118 Å². The molecule has 2 aromatic heterocycles. The molecule has 6 heteroatoms. The summed E-state index contributed by atoms with van der Waals surface area (Å²) in [4.78, 5) is 6.06. The molecule has 28 heavy (non-hydrogen) atoms. The van der Waals surface area contributed by atoms with Crippen molar-refractivity contribution >= 4 is 33.0 Å². The maximum atomic E-state index is 13.0. The predicted molar refractivity (Wildman–Crippen MR) is 102 cm³/mol. The molecule has 0 radical (unpaired) electrons. The second-order valence-corrected chi connectivity index (χ2v) is 6.86. The molecule has 0 fully saturated rings. The van der Waals surface area contributed by atoms with E-state index in [2.05, 4.69) is 9.97 Å². The van der Waals surface area contributed by atoms with Gasteiger partial charge in [-0.25, -0.2) is 0 Å². The second kappa shape index (κ2) is 6.02. The molecule has 2 heterocycles. The number of benzene rings is 2. The van der Waals surface area contributed by atoms with Crippen LogP contribution in [-0.4, -0.2) is 32.4 Å². The number of aliphatic hydroxyl groups is 2. The molecule has 6 nitrogen and oxygen atoms in total. The van der Waals surface area contributed by atoms with E-state index in [-0.39, 0.29) is 11.1 Å². The fraction of sp³-hybridized carbons (Fsp3) is 0.0909. The van der Waals surface area contributed by atoms with Gasteiger partial charge >= 0.3 is 0 Å². The van der Waals surface area contributed by atoms with Crippen molar-refractivity contribution < 1.29 is 20.4 Å². The average molecular weight is 372 g/mol. The fourth-order valence-electron chi connectivity index (χ4n) is 3.98. The van der Waals surface area contributed by atoms with E-state index in [0.717, 1.165) is 11.0 Å². The number of H-pyrrole nitrogens is 2. The van der Waals surface area contributed by atoms with Crippen molar-refractivity contribution in [1.29, 1.82) is 0 Å². The number of fused-ring (bicyclic) bond motifs is 2. The maximum Gasteiger partial charge on any atom is 0.0904 e. The van der Waals surface area contributed by atoms with Gasteiger partial charge in [0, 0.05) is 45.3 Å². The van der Waals surface area contributed by atoms with E-state index in [1.807, 2.05) is 36.4 Å². The molecule has 0 bridgehead atoms. The van der Waals surface area contributed by atoms with Crippen LogP contribution in [0.25, 0.3) is 33.0 Å². The van der Waals surface area contributed by atoms with Crippen LogP contribution in [0.4, 0.5) is 0 Å². The van der Waals surface area contributed by atoms with Gasteiger partial charge in [0.1, 0.15) is 0 Å². The van der Waals surface area contributed by atoms with Crippen LogP contribution in [0, 0.1) is 0 Å². The zero-order valence-corrected chi connectivity index (χ0v) is 14.6. The van der Waals surface area contributed by atoms with Crippen LogP contribution in [0.5, 0.6) is 0 Å². The molecule has 140 valence electrons. The van der Waals surface area contributed by atoms with E-state index in [4.69, 9.17) is 0 Å². The summed E-state index contributed by atoms with van der Waals surface area (Å²) in [6, 6.07) is 14.6. The van der Waals surface area contributed by atoms with Crippen LogP contribution in [-0.2, 0) is 0 Å². The molecule has 5 rings (SSSR count). The molecule has 0 saturated carbocycles. The predicted octanol–water partition coefficient (Wildman–Crippen LogP) is 1.23. The van der Waals surface area contributed by atoms with Gasteiger partial charge in [0.2, 0.25) is 0 Å². The Hall–Kier alpha value is -3.48. The highest BCUT2D eigenvalue weighted by Gasteiger charge is 2.30. The Morgan fingerprint density at radius 1 is 0.643 bits per heavy atom. The molecule has 4 N–H and O–H groups in total. The SMILES string of the molecule is [O-]C1=C(c2c[nH]c3ccccc23)C(O)C([O-])=C(c2c[nH]c3ccccc23)C1O. The summed E-state index contributed by atoms with van der Waals surface area (Å²) in [5.74, 6) is -1.34. The molecule has 0 spiro atoms. The average Bonchev–Trinajstić information content (AvgIpc) is 3.32. The molecular formula is C22H16N2O4-2. The number of para-hydroxylation sites is 2. The minimum Gasteiger partial charge on any atom is -0.873 e. The van der Waals surface area contributed by atoms with Crippen LogP contribution in [0.3, 0.4) is 0 Å². The number of rotatable bonds is 2. The van der Waals surface area contributed by atoms with Gasteiger partial charge in [0.05, 0.1) is 12.2 Å². The molecule has 0 amide bonds. The molecular weight excluding hydrogens is 356 g/mol. The lowest BCUT2D eigenvalue weighted by molar-refractivity contribution is -0.329. The molecule has 0 saturated heterocycles. The largest absolute Gasteiger partial charge is 0.873 e. The summed E-state index contributed by atoms with van der Waals surface area (Å²) in [6.07, 6.45) is -0.118. The highest BCUT2D eigenvalue weighted by atomic mass is 16.3. The Labute approximate surface area is 159 Å². The smallest absolute Gasteiger partial charge is 0.0904 e. The first-order chi connectivity index (χ1) is 13.6. The normalized spacial score (nSPS) is 20.5. The Bertz CT molecular complexity index is 1180. The van der Waals surface area contributed by atoms with Crippen molar-refractivity contribution in [2.45, 2.75) is 12.2 Å². The minimum absolute atomic E-state index is 0.0847. The first-order valence-electron chi connectivity index (χ1n) is 8.89. The lowest BCUT2D eigenvalue weighted by atomic mass is 9.84. The van der Waals surface area contributed by atoms with E-state index < -0.39 is 23.7 Å². The third kappa shape index (κ3) is 2.22. The van der Waals surface area contributed by atoms with E-state index in [1.54, 1.807) is 24.5 Å². The standard InChI is InChI=1S/C22H18N2O4/c25-19-17(13-9-23-15-7-3-1-5-11(13)15)20(26)22(28)18(21(19)27)14-10-24-16-8-4-2-6-12(14)16/h1-10,19,22-28H/p-2. The minimum atomic E-state index is -1.64. The van der Waals surface area contributed by atoms with E-state index >= 15 is 0 Å². The van der Waals surface area contributed by atoms with Gasteiger partial charge in [-0.3, -0.25) is 0 Å². The van der Waals surface area contributed by atoms with Gasteiger partial charge in [-0.15, -0.1) is 0 Å². The van der Waals surface area contributed by atoms with Crippen LogP contribution < -0.4 is 10.2 Å². The molecule has 4 aromatic rings. The molecule has 2 atom stereocenters. The lowest BCUT2D eigenvalue weighted by Gasteiger charge is -2.39. The molecule has 1 aliphatic carbocycles. The lowest BCUT2D eigenvalue weighted by Crippen LogP contribution is -2.38. The highest BCUT2D eigenvalue weighted by molar-refractivity contribution is 6.00. The van der Waals surface area contributed by atoms with Gasteiger partial charge in [0.15, 0.2) is 0 Å². The van der Waals surface area contributed by atoms with E-state index in [9.17, 15) is 20.4 Å². The summed E-state index contributed by atoms with van der Waals surface area (Å²) >= 11 is 0. The molecule has 2 aromatic carbocycles. The van der Waals surface area contributed by atoms with Gasteiger partial charge in [-0.1, -0.05) is 47.9 Å². The van der Waals surface area contributed by atoms with Crippen LogP contribution in [0.15, 0.2) is 72.4 Å². The third-order valence-electron chi connectivity index (χ3n) is 5.33. The fourth-order valence-corrected chi connectivity index (χ4v) is 3.98. The Morgan fingerprint density at radius 2 is 1.04 bits per heavy atom. The van der Waals surface area contributed by atoms with Crippen molar-refractivity contribution in [3.8, 4) is 0 Å². The van der Waals surface area contributed by atoms with E-state index in [0.29, 0.717) is 21.9 Å². The Morgan fingerprint density at radius 3 is 1.46 bits per heavy atom. The molecule has 0 aliphatic heterocycles. The quantitative estimate of drug-likeness (QED) is 0.423. The van der Waals surface area contributed by atoms with Gasteiger partial charge in [-0.05, 0) is 23.3 Å².